The molecule has 0 aromatic carbocycles. The monoisotopic (exact) mass is 397 g/mol. The molecule has 1 aliphatic heterocycles. The summed E-state index contributed by atoms with van der Waals surface area (Å²) in [6, 6.07) is 0. The molecule has 27 heavy (non-hydrogen) atoms. The Labute approximate surface area is 160 Å². The highest BCUT2D eigenvalue weighted by atomic mass is 32.2. The molecule has 10 heteroatoms. The number of amides is 1. The van der Waals surface area contributed by atoms with Crippen molar-refractivity contribution in [3.63, 3.8) is 0 Å². The van der Waals surface area contributed by atoms with Crippen LogP contribution in [0.25, 0.3) is 0 Å². The fourth-order valence-electron chi connectivity index (χ4n) is 3.21. The lowest BCUT2D eigenvalue weighted by Crippen LogP contribution is -2.32. The molecule has 3 rings (SSSR count). The summed E-state index contributed by atoms with van der Waals surface area (Å²) < 4.78 is 31.6. The normalized spacial score (nSPS) is 20.6. The minimum Gasteiger partial charge on any atom is -0.383 e. The van der Waals surface area contributed by atoms with Crippen LogP contribution in [-0.4, -0.2) is 81.3 Å². The SMILES string of the molecule is COCCNC(=O)c1cnc(N(C)C)nc1C1CCN(S(=O)(=O)C2CC2)C1. The number of methoxy groups -OCH3 is 1. The first kappa shape index (κ1) is 20.0. The van der Waals surface area contributed by atoms with Gasteiger partial charge < -0.3 is 15.0 Å². The Balaban J connectivity index is 1.83. The highest BCUT2D eigenvalue weighted by molar-refractivity contribution is 7.90. The predicted octanol–water partition coefficient (Wildman–Crippen LogP) is 0.200. The van der Waals surface area contributed by atoms with E-state index in [1.807, 2.05) is 14.1 Å². The lowest BCUT2D eigenvalue weighted by atomic mass is 10.00. The van der Waals surface area contributed by atoms with Crippen molar-refractivity contribution in [2.45, 2.75) is 30.4 Å². The molecule has 1 aliphatic carbocycles. The van der Waals surface area contributed by atoms with E-state index in [1.54, 1.807) is 16.3 Å². The largest absolute Gasteiger partial charge is 0.383 e. The van der Waals surface area contributed by atoms with Gasteiger partial charge in [0, 0.05) is 53.0 Å². The van der Waals surface area contributed by atoms with Crippen molar-refractivity contribution in [1.82, 2.24) is 19.6 Å². The Morgan fingerprint density at radius 1 is 1.37 bits per heavy atom. The maximum atomic E-state index is 12.6. The quantitative estimate of drug-likeness (QED) is 0.625. The number of sulfonamides is 1. The molecule has 1 amide bonds. The van der Waals surface area contributed by atoms with E-state index in [-0.39, 0.29) is 17.1 Å². The number of nitrogens with one attached hydrogen (secondary N) is 1. The van der Waals surface area contributed by atoms with Gasteiger partial charge in [-0.1, -0.05) is 0 Å². The van der Waals surface area contributed by atoms with Crippen molar-refractivity contribution < 1.29 is 17.9 Å². The van der Waals surface area contributed by atoms with Crippen LogP contribution in [0.5, 0.6) is 0 Å². The van der Waals surface area contributed by atoms with Crippen molar-refractivity contribution in [2.75, 3.05) is 52.3 Å². The number of hydrogen-bond donors (Lipinski definition) is 1. The lowest BCUT2D eigenvalue weighted by Gasteiger charge is -2.19. The van der Waals surface area contributed by atoms with E-state index in [0.717, 1.165) is 12.8 Å². The van der Waals surface area contributed by atoms with E-state index in [2.05, 4.69) is 15.3 Å². The minimum absolute atomic E-state index is 0.122. The van der Waals surface area contributed by atoms with Crippen LogP contribution in [0.1, 0.15) is 41.2 Å². The van der Waals surface area contributed by atoms with Crippen molar-refractivity contribution in [3.05, 3.63) is 17.5 Å². The molecule has 1 atom stereocenters. The fourth-order valence-corrected chi connectivity index (χ4v) is 5.11. The zero-order valence-electron chi connectivity index (χ0n) is 16.0. The number of carbonyl (C=O) groups is 1. The molecule has 1 N–H and O–H groups in total. The number of carbonyl (C=O) groups excluding carboxylic acids is 1. The first-order chi connectivity index (χ1) is 12.8. The molecule has 2 fully saturated rings. The molecule has 150 valence electrons. The summed E-state index contributed by atoms with van der Waals surface area (Å²) in [4.78, 5) is 23.2. The Morgan fingerprint density at radius 2 is 2.11 bits per heavy atom. The Kier molecular flexibility index (Phi) is 5.97. The van der Waals surface area contributed by atoms with Gasteiger partial charge in [-0.25, -0.2) is 22.7 Å². The molecule has 0 bridgehead atoms. The van der Waals surface area contributed by atoms with Crippen LogP contribution >= 0.6 is 0 Å². The van der Waals surface area contributed by atoms with Gasteiger partial charge in [0.2, 0.25) is 16.0 Å². The fraction of sp³-hybridized carbons (Fsp3) is 0.706. The number of hydrogen-bond acceptors (Lipinski definition) is 7. The third-order valence-corrected chi connectivity index (χ3v) is 7.25. The van der Waals surface area contributed by atoms with E-state index in [1.165, 1.54) is 6.20 Å². The number of rotatable bonds is 8. The zero-order chi connectivity index (χ0) is 19.6. The van der Waals surface area contributed by atoms with Crippen LogP contribution in [0, 0.1) is 0 Å². The van der Waals surface area contributed by atoms with Crippen LogP contribution in [0.2, 0.25) is 0 Å². The molecular weight excluding hydrogens is 370 g/mol. The highest BCUT2D eigenvalue weighted by Crippen LogP contribution is 2.36. The van der Waals surface area contributed by atoms with Gasteiger partial charge in [0.25, 0.3) is 5.91 Å². The summed E-state index contributed by atoms with van der Waals surface area (Å²) in [6.07, 6.45) is 3.66. The first-order valence-electron chi connectivity index (χ1n) is 9.15. The summed E-state index contributed by atoms with van der Waals surface area (Å²) in [7, 11) is 2.01. The summed E-state index contributed by atoms with van der Waals surface area (Å²) in [5.74, 6) is 0.112. The van der Waals surface area contributed by atoms with Gasteiger partial charge in [-0.05, 0) is 19.3 Å². The van der Waals surface area contributed by atoms with Crippen LogP contribution in [-0.2, 0) is 14.8 Å². The standard InChI is InChI=1S/C17H27N5O4S/c1-21(2)17-19-10-14(16(23)18-7-9-26-3)15(20-17)12-6-8-22(11-12)27(24,25)13-4-5-13/h10,12-13H,4-9,11H2,1-3H3,(H,18,23). The summed E-state index contributed by atoms with van der Waals surface area (Å²) in [6.45, 7) is 1.63. The first-order valence-corrected chi connectivity index (χ1v) is 10.6. The smallest absolute Gasteiger partial charge is 0.254 e. The molecular formula is C17H27N5O4S. The average Bonchev–Trinajstić information content (AvgIpc) is 3.39. The predicted molar refractivity (Wildman–Crippen MR) is 101 cm³/mol. The molecule has 2 aliphatic rings. The van der Waals surface area contributed by atoms with Crippen LogP contribution in [0.3, 0.4) is 0 Å². The minimum atomic E-state index is -3.22. The molecule has 0 radical (unpaired) electrons. The summed E-state index contributed by atoms with van der Waals surface area (Å²) in [5.41, 5.74) is 1.00. The second-order valence-corrected chi connectivity index (χ2v) is 9.41. The topological polar surface area (TPSA) is 105 Å². The molecule has 1 aromatic heterocycles. The van der Waals surface area contributed by atoms with Gasteiger partial charge in [-0.2, -0.15) is 0 Å². The van der Waals surface area contributed by atoms with E-state index in [9.17, 15) is 13.2 Å². The number of anilines is 1. The summed E-state index contributed by atoms with van der Waals surface area (Å²) >= 11 is 0. The van der Waals surface area contributed by atoms with Crippen molar-refractivity contribution in [1.29, 1.82) is 0 Å². The van der Waals surface area contributed by atoms with Gasteiger partial charge in [-0.15, -0.1) is 0 Å². The lowest BCUT2D eigenvalue weighted by molar-refractivity contribution is 0.0935. The molecule has 0 spiro atoms. The van der Waals surface area contributed by atoms with E-state index >= 15 is 0 Å². The van der Waals surface area contributed by atoms with Crippen LogP contribution in [0.15, 0.2) is 6.20 Å². The average molecular weight is 398 g/mol. The Morgan fingerprint density at radius 3 is 2.74 bits per heavy atom. The second kappa shape index (κ2) is 8.07. The molecule has 1 saturated heterocycles. The number of ether oxygens (including phenoxy) is 1. The Hall–Kier alpha value is -1.78. The molecule has 1 saturated carbocycles. The molecule has 9 nitrogen and oxygen atoms in total. The number of aromatic nitrogens is 2. The van der Waals surface area contributed by atoms with Gasteiger partial charge in [0.05, 0.1) is 23.1 Å². The third-order valence-electron chi connectivity index (χ3n) is 4.89. The van der Waals surface area contributed by atoms with Crippen molar-refractivity contribution in [3.8, 4) is 0 Å². The molecule has 1 aromatic rings. The maximum Gasteiger partial charge on any atom is 0.254 e. The van der Waals surface area contributed by atoms with Crippen LogP contribution in [0.4, 0.5) is 5.95 Å². The summed E-state index contributed by atoms with van der Waals surface area (Å²) in [5, 5.41) is 2.57. The third kappa shape index (κ3) is 4.39. The zero-order valence-corrected chi connectivity index (χ0v) is 16.8. The van der Waals surface area contributed by atoms with Crippen molar-refractivity contribution >= 4 is 21.9 Å². The second-order valence-electron chi connectivity index (χ2n) is 7.20. The number of nitrogens with zero attached hydrogens (tertiary/aromatic N) is 4. The van der Waals surface area contributed by atoms with Crippen LogP contribution < -0.4 is 10.2 Å². The highest BCUT2D eigenvalue weighted by Gasteiger charge is 2.43. The Bertz CT molecular complexity index is 795. The van der Waals surface area contributed by atoms with Crippen molar-refractivity contribution in [2.24, 2.45) is 0 Å². The van der Waals surface area contributed by atoms with Gasteiger partial charge in [0.15, 0.2) is 0 Å². The van der Waals surface area contributed by atoms with Gasteiger partial charge >= 0.3 is 0 Å². The van der Waals surface area contributed by atoms with E-state index in [0.29, 0.717) is 49.9 Å². The maximum absolute atomic E-state index is 12.6. The molecule has 1 unspecified atom stereocenters. The molecule has 2 heterocycles. The van der Waals surface area contributed by atoms with Gasteiger partial charge in [0.1, 0.15) is 0 Å². The van der Waals surface area contributed by atoms with E-state index < -0.39 is 10.0 Å². The van der Waals surface area contributed by atoms with Gasteiger partial charge in [-0.3, -0.25) is 4.79 Å². The van der Waals surface area contributed by atoms with E-state index in [4.69, 9.17) is 4.74 Å².